The number of benzene rings is 1. The van der Waals surface area contributed by atoms with E-state index in [1.807, 2.05) is 6.92 Å². The Bertz CT molecular complexity index is 651. The van der Waals surface area contributed by atoms with Gasteiger partial charge in [0.1, 0.15) is 11.6 Å². The molecule has 8 heteroatoms. The molecule has 2 rings (SSSR count). The molecule has 0 spiro atoms. The predicted octanol–water partition coefficient (Wildman–Crippen LogP) is 2.09. The molecule has 0 bridgehead atoms. The molecular formula is C13H15F2N3O2S. The highest BCUT2D eigenvalue weighted by molar-refractivity contribution is 7.99. The second-order valence-corrected chi connectivity index (χ2v) is 5.41. The number of aromatic nitrogens is 3. The largest absolute Gasteiger partial charge is 0.387 e. The van der Waals surface area contributed by atoms with E-state index in [-0.39, 0.29) is 17.0 Å². The van der Waals surface area contributed by atoms with Gasteiger partial charge in [0.25, 0.3) is 0 Å². The zero-order valence-electron chi connectivity index (χ0n) is 11.3. The summed E-state index contributed by atoms with van der Waals surface area (Å²) in [5.74, 6) is -1.60. The molecule has 0 aliphatic rings. The number of halogens is 2. The van der Waals surface area contributed by atoms with E-state index in [0.29, 0.717) is 11.7 Å². The van der Waals surface area contributed by atoms with Crippen LogP contribution in [0, 0.1) is 11.6 Å². The van der Waals surface area contributed by atoms with Gasteiger partial charge in [-0.3, -0.25) is 4.57 Å². The molecule has 1 atom stereocenters. The zero-order chi connectivity index (χ0) is 15.4. The molecule has 0 amide bonds. The number of aromatic amines is 1. The van der Waals surface area contributed by atoms with Crippen LogP contribution in [0.4, 0.5) is 8.78 Å². The lowest BCUT2D eigenvalue weighted by molar-refractivity contribution is 0.193. The van der Waals surface area contributed by atoms with Gasteiger partial charge in [-0.05, 0) is 18.6 Å². The number of aliphatic hydroxyl groups excluding tert-OH is 1. The summed E-state index contributed by atoms with van der Waals surface area (Å²) in [7, 11) is 0. The summed E-state index contributed by atoms with van der Waals surface area (Å²) in [6, 6.07) is 3.42. The van der Waals surface area contributed by atoms with Crippen molar-refractivity contribution in [1.82, 2.24) is 14.8 Å². The lowest BCUT2D eigenvalue weighted by atomic mass is 10.1. The van der Waals surface area contributed by atoms with E-state index in [1.165, 1.54) is 10.6 Å². The first-order valence-corrected chi connectivity index (χ1v) is 7.43. The maximum absolute atomic E-state index is 13.5. The lowest BCUT2D eigenvalue weighted by Crippen LogP contribution is -2.17. The molecule has 0 fully saturated rings. The smallest absolute Gasteiger partial charge is 0.343 e. The minimum atomic E-state index is -1.32. The van der Waals surface area contributed by atoms with Crippen LogP contribution in [-0.2, 0) is 6.54 Å². The normalized spacial score (nSPS) is 12.6. The fraction of sp³-hybridized carbons (Fsp3) is 0.385. The second kappa shape index (κ2) is 6.86. The first-order chi connectivity index (χ1) is 10.0. The molecule has 2 N–H and O–H groups in total. The molecule has 0 saturated carbocycles. The quantitative estimate of drug-likeness (QED) is 0.801. The van der Waals surface area contributed by atoms with Crippen LogP contribution in [0.25, 0.3) is 0 Å². The van der Waals surface area contributed by atoms with Gasteiger partial charge in [0.2, 0.25) is 0 Å². The Morgan fingerprint density at radius 1 is 1.43 bits per heavy atom. The molecular weight excluding hydrogens is 300 g/mol. The number of thioether (sulfide) groups is 1. The van der Waals surface area contributed by atoms with Crippen LogP contribution < -0.4 is 5.69 Å². The maximum Gasteiger partial charge on any atom is 0.343 e. The van der Waals surface area contributed by atoms with Gasteiger partial charge in [-0.2, -0.15) is 0 Å². The molecule has 2 aromatic rings. The number of rotatable bonds is 6. The highest BCUT2D eigenvalue weighted by Gasteiger charge is 2.19. The number of H-pyrrole nitrogens is 1. The molecule has 114 valence electrons. The van der Waals surface area contributed by atoms with Crippen LogP contribution in [0.1, 0.15) is 25.0 Å². The number of hydrogen-bond acceptors (Lipinski definition) is 4. The molecule has 5 nitrogen and oxygen atoms in total. The van der Waals surface area contributed by atoms with Crippen molar-refractivity contribution < 1.29 is 13.9 Å². The van der Waals surface area contributed by atoms with Gasteiger partial charge in [-0.15, -0.1) is 5.10 Å². The summed E-state index contributed by atoms with van der Waals surface area (Å²) < 4.78 is 28.5. The Morgan fingerprint density at radius 2 is 2.10 bits per heavy atom. The van der Waals surface area contributed by atoms with Crippen molar-refractivity contribution in [3.8, 4) is 0 Å². The third-order valence-electron chi connectivity index (χ3n) is 2.87. The van der Waals surface area contributed by atoms with E-state index in [4.69, 9.17) is 0 Å². The summed E-state index contributed by atoms with van der Waals surface area (Å²) in [5, 5.41) is 16.5. The summed E-state index contributed by atoms with van der Waals surface area (Å²) >= 11 is 1.07. The van der Waals surface area contributed by atoms with Crippen molar-refractivity contribution in [1.29, 1.82) is 0 Å². The Morgan fingerprint density at radius 3 is 2.71 bits per heavy atom. The minimum Gasteiger partial charge on any atom is -0.387 e. The molecule has 0 aliphatic carbocycles. The van der Waals surface area contributed by atoms with Gasteiger partial charge in [-0.25, -0.2) is 18.7 Å². The van der Waals surface area contributed by atoms with E-state index >= 15 is 0 Å². The summed E-state index contributed by atoms with van der Waals surface area (Å²) in [5.41, 5.74) is -0.712. The minimum absolute atomic E-state index is 0.00807. The number of hydrogen-bond donors (Lipinski definition) is 2. The Hall–Kier alpha value is -1.67. The Labute approximate surface area is 124 Å². The molecule has 1 aromatic carbocycles. The molecule has 0 radical (unpaired) electrons. The molecule has 1 heterocycles. The van der Waals surface area contributed by atoms with E-state index in [1.54, 1.807) is 0 Å². The lowest BCUT2D eigenvalue weighted by Gasteiger charge is -2.12. The van der Waals surface area contributed by atoms with Crippen LogP contribution in [0.5, 0.6) is 0 Å². The molecule has 21 heavy (non-hydrogen) atoms. The standard InChI is InChI=1S/C13H15F2N3O2S/c1-2-6-18-12(20)16-17-13(18)21-7-10(19)11-8(14)4-3-5-9(11)15/h3-5,10,19H,2,6-7H2,1H3,(H,16,20). The third kappa shape index (κ3) is 3.51. The first kappa shape index (κ1) is 15.7. The van der Waals surface area contributed by atoms with Gasteiger partial charge in [0.05, 0.1) is 11.7 Å². The average molecular weight is 315 g/mol. The van der Waals surface area contributed by atoms with Crippen molar-refractivity contribution in [3.05, 3.63) is 45.9 Å². The van der Waals surface area contributed by atoms with Crippen molar-refractivity contribution >= 4 is 11.8 Å². The molecule has 1 aromatic heterocycles. The SMILES string of the molecule is CCCn1c(SCC(O)c2c(F)cccc2F)n[nH]c1=O. The van der Waals surface area contributed by atoms with Crippen LogP contribution in [-0.4, -0.2) is 25.6 Å². The topological polar surface area (TPSA) is 70.9 Å². The highest BCUT2D eigenvalue weighted by atomic mass is 32.2. The number of nitrogens with one attached hydrogen (secondary N) is 1. The van der Waals surface area contributed by atoms with E-state index in [0.717, 1.165) is 30.3 Å². The summed E-state index contributed by atoms with van der Waals surface area (Å²) in [6.07, 6.45) is -0.574. The predicted molar refractivity (Wildman–Crippen MR) is 75.2 cm³/mol. The average Bonchev–Trinajstić information content (AvgIpc) is 2.78. The Kier molecular flexibility index (Phi) is 5.13. The summed E-state index contributed by atoms with van der Waals surface area (Å²) in [6.45, 7) is 2.40. The van der Waals surface area contributed by atoms with Crippen molar-refractivity contribution in [3.63, 3.8) is 0 Å². The monoisotopic (exact) mass is 315 g/mol. The summed E-state index contributed by atoms with van der Waals surface area (Å²) in [4.78, 5) is 11.5. The van der Waals surface area contributed by atoms with Gasteiger partial charge in [0, 0.05) is 12.3 Å². The van der Waals surface area contributed by atoms with Crippen molar-refractivity contribution in [2.75, 3.05) is 5.75 Å². The maximum atomic E-state index is 13.5. The van der Waals surface area contributed by atoms with Crippen LogP contribution >= 0.6 is 11.8 Å². The van der Waals surface area contributed by atoms with Gasteiger partial charge < -0.3 is 5.11 Å². The fourth-order valence-electron chi connectivity index (χ4n) is 1.90. The second-order valence-electron chi connectivity index (χ2n) is 4.43. The molecule has 0 aliphatic heterocycles. The van der Waals surface area contributed by atoms with Crippen LogP contribution in [0.2, 0.25) is 0 Å². The van der Waals surface area contributed by atoms with Gasteiger partial charge in [-0.1, -0.05) is 24.8 Å². The van der Waals surface area contributed by atoms with E-state index < -0.39 is 17.7 Å². The van der Waals surface area contributed by atoms with Crippen LogP contribution in [0.15, 0.2) is 28.2 Å². The van der Waals surface area contributed by atoms with Gasteiger partial charge >= 0.3 is 5.69 Å². The van der Waals surface area contributed by atoms with Crippen LogP contribution in [0.3, 0.4) is 0 Å². The van der Waals surface area contributed by atoms with E-state index in [2.05, 4.69) is 10.2 Å². The molecule has 1 unspecified atom stereocenters. The van der Waals surface area contributed by atoms with Gasteiger partial charge in [0.15, 0.2) is 5.16 Å². The number of nitrogens with zero attached hydrogens (tertiary/aromatic N) is 2. The molecule has 0 saturated heterocycles. The van der Waals surface area contributed by atoms with E-state index in [9.17, 15) is 18.7 Å². The van der Waals surface area contributed by atoms with Crippen molar-refractivity contribution in [2.24, 2.45) is 0 Å². The van der Waals surface area contributed by atoms with Crippen molar-refractivity contribution in [2.45, 2.75) is 31.1 Å². The third-order valence-corrected chi connectivity index (χ3v) is 3.93. The zero-order valence-corrected chi connectivity index (χ0v) is 12.2. The number of aliphatic hydroxyl groups is 1. The fourth-order valence-corrected chi connectivity index (χ4v) is 2.81. The highest BCUT2D eigenvalue weighted by Crippen LogP contribution is 2.26. The first-order valence-electron chi connectivity index (χ1n) is 6.44. The Balaban J connectivity index is 2.11.